The van der Waals surface area contributed by atoms with E-state index in [1.165, 1.54) is 0 Å². The van der Waals surface area contributed by atoms with Gasteiger partial charge in [0, 0.05) is 0 Å². The zero-order valence-electron chi connectivity index (χ0n) is 11.9. The van der Waals surface area contributed by atoms with E-state index in [0.29, 0.717) is 0 Å². The van der Waals surface area contributed by atoms with Gasteiger partial charge in [0.25, 0.3) is 0 Å². The Hall–Kier alpha value is -2.26. The first kappa shape index (κ1) is 18.7. The highest BCUT2D eigenvalue weighted by molar-refractivity contribution is 5.70. The Kier molecular flexibility index (Phi) is 7.87. The maximum atomic E-state index is 11.2. The number of rotatable bonds is 10. The summed E-state index contributed by atoms with van der Waals surface area (Å²) in [4.78, 5) is 42.4. The van der Waals surface area contributed by atoms with Crippen LogP contribution >= 0.6 is 0 Å². The van der Waals surface area contributed by atoms with Gasteiger partial charge >= 0.3 is 17.6 Å². The summed E-state index contributed by atoms with van der Waals surface area (Å²) in [7, 11) is 0. The highest BCUT2D eigenvalue weighted by atomic mass is 16.7. The molecule has 0 rings (SSSR count). The second-order valence-corrected chi connectivity index (χ2v) is 4.11. The highest BCUT2D eigenvalue weighted by Gasteiger charge is 2.55. The summed E-state index contributed by atoms with van der Waals surface area (Å²) in [5.74, 6) is -1.52. The topological polar surface area (TPSA) is 139 Å². The Morgan fingerprint density at radius 3 is 1.48 bits per heavy atom. The van der Waals surface area contributed by atoms with Gasteiger partial charge in [-0.2, -0.15) is 0 Å². The van der Waals surface area contributed by atoms with Gasteiger partial charge in [-0.1, -0.05) is 0 Å². The third-order valence-electron chi connectivity index (χ3n) is 2.75. The normalized spacial score (nSPS) is 10.8. The Balaban J connectivity index is 4.92. The van der Waals surface area contributed by atoms with E-state index >= 15 is 0 Å². The van der Waals surface area contributed by atoms with Crippen molar-refractivity contribution in [3.8, 4) is 0 Å². The molecule has 0 radical (unpaired) electrons. The molecule has 0 spiro atoms. The quantitative estimate of drug-likeness (QED) is 0.251. The van der Waals surface area contributed by atoms with Crippen LogP contribution < -0.4 is 0 Å². The van der Waals surface area contributed by atoms with Gasteiger partial charge in [-0.3, -0.25) is 29.8 Å². The van der Waals surface area contributed by atoms with Gasteiger partial charge in [0.05, 0.1) is 48.7 Å². The first-order chi connectivity index (χ1) is 9.80. The zero-order chi connectivity index (χ0) is 16.5. The second-order valence-electron chi connectivity index (χ2n) is 4.11. The van der Waals surface area contributed by atoms with Crippen LogP contribution in [0.5, 0.6) is 0 Å². The molecule has 0 amide bonds. The molecule has 0 aromatic heterocycles. The molecule has 10 nitrogen and oxygen atoms in total. The Morgan fingerprint density at radius 1 is 0.905 bits per heavy atom. The smallest absolute Gasteiger partial charge is 0.459 e. The van der Waals surface area contributed by atoms with Crippen molar-refractivity contribution >= 4 is 11.9 Å². The molecule has 0 aromatic rings. The minimum Gasteiger partial charge on any atom is -0.466 e. The van der Waals surface area contributed by atoms with Crippen LogP contribution in [0.2, 0.25) is 0 Å². The van der Waals surface area contributed by atoms with Gasteiger partial charge in [-0.05, 0) is 13.8 Å². The molecule has 0 heterocycles. The summed E-state index contributed by atoms with van der Waals surface area (Å²) >= 11 is 0. The zero-order valence-corrected chi connectivity index (χ0v) is 11.9. The minimum absolute atomic E-state index is 0.0750. The van der Waals surface area contributed by atoms with Crippen molar-refractivity contribution in [2.45, 2.75) is 45.2 Å². The molecule has 0 unspecified atom stereocenters. The van der Waals surface area contributed by atoms with E-state index in [2.05, 4.69) is 9.47 Å². The van der Waals surface area contributed by atoms with Crippen molar-refractivity contribution in [1.29, 1.82) is 0 Å². The Bertz CT molecular complexity index is 371. The van der Waals surface area contributed by atoms with Gasteiger partial charge < -0.3 is 9.47 Å². The lowest BCUT2D eigenvalue weighted by atomic mass is 9.99. The first-order valence-electron chi connectivity index (χ1n) is 6.40. The van der Waals surface area contributed by atoms with Crippen LogP contribution in [0.3, 0.4) is 0 Å². The van der Waals surface area contributed by atoms with Crippen LogP contribution in [0, 0.1) is 20.2 Å². The van der Waals surface area contributed by atoms with Crippen molar-refractivity contribution in [3.05, 3.63) is 20.2 Å². The number of carbonyl (C=O) groups is 2. The highest BCUT2D eigenvalue weighted by Crippen LogP contribution is 2.25. The molecule has 0 N–H and O–H groups in total. The molecule has 0 saturated carbocycles. The number of nitrogens with zero attached hydrogens (tertiary/aromatic N) is 2. The second kappa shape index (κ2) is 8.82. The summed E-state index contributed by atoms with van der Waals surface area (Å²) in [5, 5.41) is 22.1. The van der Waals surface area contributed by atoms with Crippen LogP contribution in [0.25, 0.3) is 0 Å². The van der Waals surface area contributed by atoms with Crippen molar-refractivity contribution in [2.24, 2.45) is 0 Å². The van der Waals surface area contributed by atoms with Crippen LogP contribution in [0.1, 0.15) is 39.5 Å². The van der Waals surface area contributed by atoms with Crippen LogP contribution in [-0.2, 0) is 19.1 Å². The average molecular weight is 306 g/mol. The van der Waals surface area contributed by atoms with Crippen molar-refractivity contribution in [1.82, 2.24) is 0 Å². The fourth-order valence-corrected chi connectivity index (χ4v) is 1.63. The van der Waals surface area contributed by atoms with Crippen molar-refractivity contribution in [3.63, 3.8) is 0 Å². The van der Waals surface area contributed by atoms with Gasteiger partial charge in [0.2, 0.25) is 0 Å². The predicted octanol–water partition coefficient (Wildman–Crippen LogP) is 0.923. The third-order valence-corrected chi connectivity index (χ3v) is 2.75. The number of hydrogen-bond acceptors (Lipinski definition) is 8. The lowest BCUT2D eigenvalue weighted by Gasteiger charge is -2.16. The van der Waals surface area contributed by atoms with E-state index in [1.807, 2.05) is 0 Å². The number of hydrogen-bond donors (Lipinski definition) is 0. The maximum absolute atomic E-state index is 11.2. The minimum atomic E-state index is -2.60. The Labute approximate surface area is 120 Å². The molecule has 0 atom stereocenters. The van der Waals surface area contributed by atoms with E-state index in [0.717, 1.165) is 0 Å². The number of nitro groups is 2. The van der Waals surface area contributed by atoms with Gasteiger partial charge in [0.15, 0.2) is 0 Å². The summed E-state index contributed by atoms with van der Waals surface area (Å²) in [6.45, 7) is 3.25. The standard InChI is InChI=1S/C11H18N2O8/c1-3-20-9(14)5-7-11(12(16)17,13(18)19)8-6-10(15)21-4-2/h3-8H2,1-2H3. The van der Waals surface area contributed by atoms with Gasteiger partial charge in [-0.25, -0.2) is 0 Å². The van der Waals surface area contributed by atoms with Crippen LogP contribution in [0.4, 0.5) is 0 Å². The molecule has 0 fully saturated rings. The summed E-state index contributed by atoms with van der Waals surface area (Å²) in [5.41, 5.74) is -2.60. The Morgan fingerprint density at radius 2 is 1.24 bits per heavy atom. The monoisotopic (exact) mass is 306 g/mol. The van der Waals surface area contributed by atoms with Gasteiger partial charge in [0.1, 0.15) is 0 Å². The SMILES string of the molecule is CCOC(=O)CCC(CCC(=O)OCC)([N+](=O)[O-])[N+](=O)[O-]. The molecule has 0 aromatic carbocycles. The summed E-state index contributed by atoms with van der Waals surface area (Å²) in [6, 6.07) is 0. The molecule has 0 bridgehead atoms. The predicted molar refractivity (Wildman–Crippen MR) is 68.5 cm³/mol. The molecule has 0 saturated heterocycles. The van der Waals surface area contributed by atoms with E-state index in [4.69, 9.17) is 0 Å². The first-order valence-corrected chi connectivity index (χ1v) is 6.40. The van der Waals surface area contributed by atoms with Crippen molar-refractivity contribution < 1.29 is 28.9 Å². The lowest BCUT2D eigenvalue weighted by Crippen LogP contribution is -2.47. The summed E-state index contributed by atoms with van der Waals surface area (Å²) < 4.78 is 9.17. The number of esters is 2. The van der Waals surface area contributed by atoms with E-state index in [-0.39, 0.29) is 13.2 Å². The van der Waals surface area contributed by atoms with Gasteiger partial charge in [-0.15, -0.1) is 0 Å². The van der Waals surface area contributed by atoms with Crippen molar-refractivity contribution in [2.75, 3.05) is 13.2 Å². The maximum Gasteiger partial charge on any atom is 0.459 e. The number of carbonyl (C=O) groups excluding carboxylic acids is 2. The molecule has 10 heteroatoms. The molecular formula is C11H18N2O8. The average Bonchev–Trinajstić information content (AvgIpc) is 2.38. The largest absolute Gasteiger partial charge is 0.466 e. The summed E-state index contributed by atoms with van der Waals surface area (Å²) in [6.07, 6.45) is -2.24. The number of ether oxygens (including phenoxy) is 2. The van der Waals surface area contributed by atoms with Crippen LogP contribution in [-0.4, -0.2) is 40.7 Å². The molecule has 0 aliphatic heterocycles. The molecule has 120 valence electrons. The molecule has 0 aliphatic carbocycles. The third kappa shape index (κ3) is 5.71. The van der Waals surface area contributed by atoms with E-state index in [1.54, 1.807) is 13.8 Å². The molecular weight excluding hydrogens is 288 g/mol. The fourth-order valence-electron chi connectivity index (χ4n) is 1.63. The van der Waals surface area contributed by atoms with E-state index in [9.17, 15) is 29.8 Å². The molecule has 21 heavy (non-hydrogen) atoms. The molecule has 0 aliphatic rings. The van der Waals surface area contributed by atoms with E-state index < -0.39 is 53.1 Å². The fraction of sp³-hybridized carbons (Fsp3) is 0.818. The lowest BCUT2D eigenvalue weighted by molar-refractivity contribution is -0.798. The van der Waals surface area contributed by atoms with Crippen LogP contribution in [0.15, 0.2) is 0 Å².